The highest BCUT2D eigenvalue weighted by Crippen LogP contribution is 2.23. The molecule has 8 heteroatoms. The largest absolute Gasteiger partial charge is 0.497 e. The van der Waals surface area contributed by atoms with Crippen LogP contribution in [-0.2, 0) is 18.2 Å². The molecule has 0 radical (unpaired) electrons. The zero-order valence-corrected chi connectivity index (χ0v) is 20.3. The molecule has 0 aliphatic carbocycles. The fourth-order valence-electron chi connectivity index (χ4n) is 4.26. The summed E-state index contributed by atoms with van der Waals surface area (Å²) in [4.78, 5) is 6.94. The Kier molecular flexibility index (Phi) is 8.53. The molecule has 1 aliphatic rings. The molecule has 2 unspecified atom stereocenters. The van der Waals surface area contributed by atoms with Gasteiger partial charge in [-0.1, -0.05) is 12.1 Å². The van der Waals surface area contributed by atoms with Crippen LogP contribution in [0.5, 0.6) is 5.75 Å². The molecule has 0 bridgehead atoms. The molecule has 0 saturated carbocycles. The minimum Gasteiger partial charge on any atom is -0.497 e. The van der Waals surface area contributed by atoms with Crippen molar-refractivity contribution in [2.75, 3.05) is 47.0 Å². The second kappa shape index (κ2) is 11.3. The van der Waals surface area contributed by atoms with Gasteiger partial charge in [-0.05, 0) is 50.5 Å². The zero-order valence-electron chi connectivity index (χ0n) is 20.3. The summed E-state index contributed by atoms with van der Waals surface area (Å²) in [5.41, 5.74) is 4.86. The van der Waals surface area contributed by atoms with Crippen molar-refractivity contribution < 1.29 is 9.47 Å². The van der Waals surface area contributed by atoms with Gasteiger partial charge in [-0.25, -0.2) is 0 Å². The molecule has 1 fully saturated rings. The fourth-order valence-corrected chi connectivity index (χ4v) is 4.26. The highest BCUT2D eigenvalue weighted by atomic mass is 16.5. The summed E-state index contributed by atoms with van der Waals surface area (Å²) in [7, 11) is 5.51. The van der Waals surface area contributed by atoms with E-state index >= 15 is 0 Å². The number of benzene rings is 1. The number of morpholine rings is 1. The smallest absolute Gasteiger partial charge is 0.191 e. The molecular formula is C24H38N6O2. The van der Waals surface area contributed by atoms with Crippen LogP contribution in [0.3, 0.4) is 0 Å². The molecule has 2 heterocycles. The maximum atomic E-state index is 5.57. The Morgan fingerprint density at radius 1 is 1.22 bits per heavy atom. The topological polar surface area (TPSA) is 75.9 Å². The lowest BCUT2D eigenvalue weighted by Gasteiger charge is -2.35. The summed E-state index contributed by atoms with van der Waals surface area (Å²) >= 11 is 0. The normalized spacial score (nSPS) is 17.1. The zero-order chi connectivity index (χ0) is 23.1. The van der Waals surface area contributed by atoms with Gasteiger partial charge >= 0.3 is 0 Å². The Labute approximate surface area is 192 Å². The number of aliphatic imine (C=N–C) groups is 1. The molecule has 1 aliphatic heterocycles. The number of guanidine groups is 1. The van der Waals surface area contributed by atoms with Gasteiger partial charge in [-0.15, -0.1) is 0 Å². The van der Waals surface area contributed by atoms with Crippen molar-refractivity contribution in [3.05, 3.63) is 46.8 Å². The number of aryl methyl sites for hydroxylation is 2. The quantitative estimate of drug-likeness (QED) is 0.482. The van der Waals surface area contributed by atoms with Crippen molar-refractivity contribution in [2.45, 2.75) is 39.3 Å². The second-order valence-electron chi connectivity index (χ2n) is 8.41. The van der Waals surface area contributed by atoms with Crippen molar-refractivity contribution in [3.63, 3.8) is 0 Å². The first-order valence-electron chi connectivity index (χ1n) is 11.3. The predicted molar refractivity (Wildman–Crippen MR) is 128 cm³/mol. The Morgan fingerprint density at radius 2 is 1.91 bits per heavy atom. The van der Waals surface area contributed by atoms with Crippen molar-refractivity contribution in [2.24, 2.45) is 12.0 Å². The Morgan fingerprint density at radius 3 is 2.47 bits per heavy atom. The monoisotopic (exact) mass is 442 g/mol. The standard InChI is InChI=1S/C24H38N6O2/c1-17(15-22-18(2)28-29(5)19(22)3)27-24(25-4)26-16-23(30-11-13-32-14-12-30)20-7-9-21(31-6)10-8-20/h7-10,17,23H,11-16H2,1-6H3,(H2,25,26,27). The van der Waals surface area contributed by atoms with Crippen LogP contribution in [0.15, 0.2) is 29.3 Å². The first-order valence-corrected chi connectivity index (χ1v) is 11.3. The highest BCUT2D eigenvalue weighted by molar-refractivity contribution is 5.80. The summed E-state index contributed by atoms with van der Waals surface area (Å²) < 4.78 is 12.9. The maximum Gasteiger partial charge on any atom is 0.191 e. The molecule has 176 valence electrons. The third kappa shape index (κ3) is 6.01. The lowest BCUT2D eigenvalue weighted by atomic mass is 10.0. The van der Waals surface area contributed by atoms with Gasteiger partial charge in [-0.2, -0.15) is 5.10 Å². The number of nitrogens with zero attached hydrogens (tertiary/aromatic N) is 4. The molecule has 2 aromatic rings. The van der Waals surface area contributed by atoms with E-state index in [1.54, 1.807) is 7.11 Å². The Bertz CT molecular complexity index is 887. The molecule has 8 nitrogen and oxygen atoms in total. The van der Waals surface area contributed by atoms with Crippen LogP contribution in [0.1, 0.15) is 35.5 Å². The average molecular weight is 443 g/mol. The lowest BCUT2D eigenvalue weighted by molar-refractivity contribution is 0.0170. The van der Waals surface area contributed by atoms with E-state index in [9.17, 15) is 0 Å². The first-order chi connectivity index (χ1) is 15.4. The van der Waals surface area contributed by atoms with Crippen LogP contribution in [-0.4, -0.2) is 73.7 Å². The second-order valence-corrected chi connectivity index (χ2v) is 8.41. The fraction of sp³-hybridized carbons (Fsp3) is 0.583. The van der Waals surface area contributed by atoms with Gasteiger partial charge in [0.2, 0.25) is 0 Å². The van der Waals surface area contributed by atoms with Crippen LogP contribution in [0.25, 0.3) is 0 Å². The van der Waals surface area contributed by atoms with Crippen LogP contribution in [0.4, 0.5) is 0 Å². The third-order valence-corrected chi connectivity index (χ3v) is 6.23. The number of nitrogens with one attached hydrogen (secondary N) is 2. The van der Waals surface area contributed by atoms with Gasteiger partial charge in [0.15, 0.2) is 5.96 Å². The number of hydrogen-bond acceptors (Lipinski definition) is 5. The number of hydrogen-bond donors (Lipinski definition) is 2. The summed E-state index contributed by atoms with van der Waals surface area (Å²) in [6.45, 7) is 10.5. The molecule has 2 N–H and O–H groups in total. The maximum absolute atomic E-state index is 5.57. The SMILES string of the molecule is CN=C(NCC(c1ccc(OC)cc1)N1CCOCC1)NC(C)Cc1c(C)nn(C)c1C. The molecular weight excluding hydrogens is 404 g/mol. The molecule has 1 saturated heterocycles. The van der Waals surface area contributed by atoms with Crippen molar-refractivity contribution in [1.82, 2.24) is 25.3 Å². The molecule has 1 aromatic carbocycles. The molecule has 3 rings (SSSR count). The molecule has 0 amide bonds. The first kappa shape index (κ1) is 24.1. The van der Waals surface area contributed by atoms with E-state index in [2.05, 4.69) is 58.5 Å². The predicted octanol–water partition coefficient (Wildman–Crippen LogP) is 2.22. The van der Waals surface area contributed by atoms with Gasteiger partial charge < -0.3 is 20.1 Å². The summed E-state index contributed by atoms with van der Waals surface area (Å²) in [6.07, 6.45) is 0.900. The minimum atomic E-state index is 0.224. The van der Waals surface area contributed by atoms with Gasteiger partial charge in [0.05, 0.1) is 32.1 Å². The number of rotatable bonds is 8. The van der Waals surface area contributed by atoms with Crippen molar-refractivity contribution in [3.8, 4) is 5.75 Å². The lowest BCUT2D eigenvalue weighted by Crippen LogP contribution is -2.48. The molecule has 32 heavy (non-hydrogen) atoms. The third-order valence-electron chi connectivity index (χ3n) is 6.23. The van der Waals surface area contributed by atoms with E-state index < -0.39 is 0 Å². The van der Waals surface area contributed by atoms with Gasteiger partial charge in [0, 0.05) is 45.5 Å². The number of methoxy groups -OCH3 is 1. The minimum absolute atomic E-state index is 0.224. The van der Waals surface area contributed by atoms with Crippen LogP contribution >= 0.6 is 0 Å². The van der Waals surface area contributed by atoms with E-state index in [4.69, 9.17) is 9.47 Å². The van der Waals surface area contributed by atoms with Gasteiger partial charge in [-0.3, -0.25) is 14.6 Å². The van der Waals surface area contributed by atoms with E-state index in [1.807, 2.05) is 30.9 Å². The molecule has 2 atom stereocenters. The highest BCUT2D eigenvalue weighted by Gasteiger charge is 2.23. The van der Waals surface area contributed by atoms with Crippen LogP contribution in [0.2, 0.25) is 0 Å². The average Bonchev–Trinajstić information content (AvgIpc) is 3.05. The number of aromatic nitrogens is 2. The van der Waals surface area contributed by atoms with E-state index in [0.717, 1.165) is 56.7 Å². The van der Waals surface area contributed by atoms with Crippen LogP contribution in [0, 0.1) is 13.8 Å². The van der Waals surface area contributed by atoms with E-state index in [0.29, 0.717) is 0 Å². The summed E-state index contributed by atoms with van der Waals surface area (Å²) in [5.74, 6) is 1.68. The summed E-state index contributed by atoms with van der Waals surface area (Å²) in [5, 5.41) is 11.6. The molecule has 1 aromatic heterocycles. The Hall–Kier alpha value is -2.58. The molecule has 0 spiro atoms. The van der Waals surface area contributed by atoms with Crippen molar-refractivity contribution >= 4 is 5.96 Å². The van der Waals surface area contributed by atoms with E-state index in [-0.39, 0.29) is 12.1 Å². The summed E-state index contributed by atoms with van der Waals surface area (Å²) in [6, 6.07) is 8.79. The van der Waals surface area contributed by atoms with Gasteiger partial charge in [0.25, 0.3) is 0 Å². The number of ether oxygens (including phenoxy) is 2. The Balaban J connectivity index is 1.64. The van der Waals surface area contributed by atoms with Gasteiger partial charge in [0.1, 0.15) is 5.75 Å². The van der Waals surface area contributed by atoms with Crippen molar-refractivity contribution in [1.29, 1.82) is 0 Å². The van der Waals surface area contributed by atoms with Crippen LogP contribution < -0.4 is 15.4 Å². The van der Waals surface area contributed by atoms with E-state index in [1.165, 1.54) is 16.8 Å².